The zero-order valence-electron chi connectivity index (χ0n) is 14.6. The second-order valence-electron chi connectivity index (χ2n) is 6.73. The van der Waals surface area contributed by atoms with Crippen LogP contribution in [0.2, 0.25) is 0 Å². The minimum Gasteiger partial charge on any atom is -0.468 e. The average molecular weight is 339 g/mol. The number of piperidine rings is 1. The third-order valence-electron chi connectivity index (χ3n) is 5.08. The molecule has 25 heavy (non-hydrogen) atoms. The second kappa shape index (κ2) is 7.81. The van der Waals surface area contributed by atoms with Crippen molar-refractivity contribution in [3.05, 3.63) is 71.8 Å². The third kappa shape index (κ3) is 4.09. The van der Waals surface area contributed by atoms with Crippen LogP contribution in [0.25, 0.3) is 0 Å². The molecular weight excluding hydrogens is 314 g/mol. The summed E-state index contributed by atoms with van der Waals surface area (Å²) in [4.78, 5) is 14.7. The minimum absolute atomic E-state index is 0.370. The molecular formula is C21H25NO3. The maximum Gasteiger partial charge on any atom is 0.316 e. The molecule has 1 N–H and O–H groups in total. The number of rotatable bonds is 5. The molecule has 4 nitrogen and oxygen atoms in total. The standard InChI is InChI=1S/C21H25NO3/c1-25-20(23)19(18-10-6-3-7-11-18)21(24)12-14-22(15-13-21)16-17-8-4-2-5-9-17/h2-11,19,24H,12-16H2,1H3/t19-/m0/s1. The topological polar surface area (TPSA) is 49.8 Å². The van der Waals surface area contributed by atoms with Crippen LogP contribution in [0.4, 0.5) is 0 Å². The molecule has 132 valence electrons. The molecule has 2 aromatic rings. The van der Waals surface area contributed by atoms with Gasteiger partial charge in [0.1, 0.15) is 5.92 Å². The Labute approximate surface area is 149 Å². The first-order valence-corrected chi connectivity index (χ1v) is 8.74. The zero-order chi connectivity index (χ0) is 17.7. The quantitative estimate of drug-likeness (QED) is 0.851. The van der Waals surface area contributed by atoms with Crippen molar-refractivity contribution in [1.82, 2.24) is 4.90 Å². The van der Waals surface area contributed by atoms with Gasteiger partial charge in [0, 0.05) is 19.6 Å². The number of aliphatic hydroxyl groups is 1. The lowest BCUT2D eigenvalue weighted by Gasteiger charge is -2.42. The van der Waals surface area contributed by atoms with Gasteiger partial charge in [0.15, 0.2) is 0 Å². The molecule has 0 spiro atoms. The number of methoxy groups -OCH3 is 1. The molecule has 0 amide bonds. The molecule has 4 heteroatoms. The Morgan fingerprint density at radius 3 is 2.20 bits per heavy atom. The van der Waals surface area contributed by atoms with Crippen molar-refractivity contribution < 1.29 is 14.6 Å². The maximum atomic E-state index is 12.4. The lowest BCUT2D eigenvalue weighted by atomic mass is 9.75. The van der Waals surface area contributed by atoms with Crippen LogP contribution >= 0.6 is 0 Å². The van der Waals surface area contributed by atoms with Gasteiger partial charge in [-0.1, -0.05) is 60.7 Å². The summed E-state index contributed by atoms with van der Waals surface area (Å²) in [5.41, 5.74) is 1.01. The molecule has 1 heterocycles. The summed E-state index contributed by atoms with van der Waals surface area (Å²) in [6.07, 6.45) is 1.10. The zero-order valence-corrected chi connectivity index (χ0v) is 14.6. The number of carbonyl (C=O) groups excluding carboxylic acids is 1. The fourth-order valence-corrected chi connectivity index (χ4v) is 3.66. The molecule has 1 saturated heterocycles. The third-order valence-corrected chi connectivity index (χ3v) is 5.08. The van der Waals surface area contributed by atoms with Gasteiger partial charge in [-0.15, -0.1) is 0 Å². The number of hydrogen-bond acceptors (Lipinski definition) is 4. The largest absolute Gasteiger partial charge is 0.468 e. The lowest BCUT2D eigenvalue weighted by molar-refractivity contribution is -0.152. The Hall–Kier alpha value is -2.17. The molecule has 0 saturated carbocycles. The van der Waals surface area contributed by atoms with Crippen LogP contribution in [0.3, 0.4) is 0 Å². The van der Waals surface area contributed by atoms with E-state index in [4.69, 9.17) is 4.74 Å². The Morgan fingerprint density at radius 2 is 1.64 bits per heavy atom. The maximum absolute atomic E-state index is 12.4. The molecule has 1 aliphatic rings. The number of carbonyl (C=O) groups is 1. The van der Waals surface area contributed by atoms with E-state index in [1.54, 1.807) is 0 Å². The van der Waals surface area contributed by atoms with Crippen molar-refractivity contribution in [3.63, 3.8) is 0 Å². The van der Waals surface area contributed by atoms with Crippen molar-refractivity contribution >= 4 is 5.97 Å². The van der Waals surface area contributed by atoms with Gasteiger partial charge in [-0.25, -0.2) is 0 Å². The minimum atomic E-state index is -1.07. The number of likely N-dealkylation sites (tertiary alicyclic amines) is 1. The summed E-state index contributed by atoms with van der Waals surface area (Å²) in [6.45, 7) is 2.38. The predicted molar refractivity (Wildman–Crippen MR) is 97.1 cm³/mol. The number of hydrogen-bond donors (Lipinski definition) is 1. The van der Waals surface area contributed by atoms with E-state index < -0.39 is 11.5 Å². The average Bonchev–Trinajstić information content (AvgIpc) is 2.65. The van der Waals surface area contributed by atoms with E-state index in [2.05, 4.69) is 17.0 Å². The Morgan fingerprint density at radius 1 is 1.08 bits per heavy atom. The highest BCUT2D eigenvalue weighted by Gasteiger charge is 2.45. The summed E-state index contributed by atoms with van der Waals surface area (Å²) < 4.78 is 5.00. The van der Waals surface area contributed by atoms with Gasteiger partial charge in [-0.3, -0.25) is 9.69 Å². The highest BCUT2D eigenvalue weighted by Crippen LogP contribution is 2.38. The summed E-state index contributed by atoms with van der Waals surface area (Å²) in [6, 6.07) is 19.8. The van der Waals surface area contributed by atoms with Crippen molar-refractivity contribution in [2.75, 3.05) is 20.2 Å². The molecule has 3 rings (SSSR count). The Balaban J connectivity index is 1.72. The molecule has 1 aliphatic heterocycles. The molecule has 0 aromatic heterocycles. The van der Waals surface area contributed by atoms with E-state index in [9.17, 15) is 9.90 Å². The first-order valence-electron chi connectivity index (χ1n) is 8.74. The van der Waals surface area contributed by atoms with E-state index in [1.807, 2.05) is 48.5 Å². The number of ether oxygens (including phenoxy) is 1. The molecule has 0 bridgehead atoms. The van der Waals surface area contributed by atoms with E-state index >= 15 is 0 Å². The van der Waals surface area contributed by atoms with Gasteiger partial charge in [0.05, 0.1) is 12.7 Å². The normalized spacial score (nSPS) is 18.5. The van der Waals surface area contributed by atoms with Gasteiger partial charge in [-0.05, 0) is 24.0 Å². The fourth-order valence-electron chi connectivity index (χ4n) is 3.66. The van der Waals surface area contributed by atoms with Gasteiger partial charge in [0.2, 0.25) is 0 Å². The van der Waals surface area contributed by atoms with Crippen molar-refractivity contribution in [2.45, 2.75) is 30.9 Å². The van der Waals surface area contributed by atoms with Crippen LogP contribution in [0.15, 0.2) is 60.7 Å². The van der Waals surface area contributed by atoms with Crippen LogP contribution in [-0.2, 0) is 16.1 Å². The van der Waals surface area contributed by atoms with Crippen LogP contribution in [0.5, 0.6) is 0 Å². The molecule has 0 radical (unpaired) electrons. The van der Waals surface area contributed by atoms with Crippen molar-refractivity contribution in [1.29, 1.82) is 0 Å². The molecule has 2 aromatic carbocycles. The van der Waals surface area contributed by atoms with E-state index in [0.29, 0.717) is 12.8 Å². The van der Waals surface area contributed by atoms with Crippen LogP contribution in [-0.4, -0.2) is 41.8 Å². The van der Waals surface area contributed by atoms with E-state index in [1.165, 1.54) is 12.7 Å². The second-order valence-corrected chi connectivity index (χ2v) is 6.73. The molecule has 1 fully saturated rings. The highest BCUT2D eigenvalue weighted by molar-refractivity contribution is 5.79. The summed E-state index contributed by atoms with van der Waals surface area (Å²) >= 11 is 0. The molecule has 0 unspecified atom stereocenters. The summed E-state index contributed by atoms with van der Waals surface area (Å²) in [5.74, 6) is -1.01. The fraction of sp³-hybridized carbons (Fsp3) is 0.381. The van der Waals surface area contributed by atoms with Crippen molar-refractivity contribution in [3.8, 4) is 0 Å². The highest BCUT2D eigenvalue weighted by atomic mass is 16.5. The first-order chi connectivity index (χ1) is 12.1. The SMILES string of the molecule is COC(=O)[C@H](c1ccccc1)C1(O)CCN(Cc2ccccc2)CC1. The molecule has 1 atom stereocenters. The van der Waals surface area contributed by atoms with Crippen molar-refractivity contribution in [2.24, 2.45) is 0 Å². The Kier molecular flexibility index (Phi) is 5.51. The smallest absolute Gasteiger partial charge is 0.316 e. The molecule has 0 aliphatic carbocycles. The Bertz CT molecular complexity index is 679. The first kappa shape index (κ1) is 17.6. The summed E-state index contributed by atoms with van der Waals surface area (Å²) in [5, 5.41) is 11.2. The van der Waals surface area contributed by atoms with Crippen LogP contribution in [0.1, 0.15) is 29.9 Å². The van der Waals surface area contributed by atoms with Gasteiger partial charge >= 0.3 is 5.97 Å². The monoisotopic (exact) mass is 339 g/mol. The number of esters is 1. The van der Waals surface area contributed by atoms with Crippen LogP contribution in [0, 0.1) is 0 Å². The number of nitrogens with zero attached hydrogens (tertiary/aromatic N) is 1. The number of benzene rings is 2. The van der Waals surface area contributed by atoms with Crippen LogP contribution < -0.4 is 0 Å². The van der Waals surface area contributed by atoms with Gasteiger partial charge in [-0.2, -0.15) is 0 Å². The predicted octanol–water partition coefficient (Wildman–Crippen LogP) is 2.97. The van der Waals surface area contributed by atoms with Gasteiger partial charge < -0.3 is 9.84 Å². The van der Waals surface area contributed by atoms with E-state index in [0.717, 1.165) is 25.2 Å². The van der Waals surface area contributed by atoms with Gasteiger partial charge in [0.25, 0.3) is 0 Å². The summed E-state index contributed by atoms with van der Waals surface area (Å²) in [7, 11) is 1.38. The lowest BCUT2D eigenvalue weighted by Crippen LogP contribution is -2.50. The van der Waals surface area contributed by atoms with E-state index in [-0.39, 0.29) is 5.97 Å².